The number of aliphatic carboxylic acids is 1. The number of carbonyl (C=O) groups is 2. The molecule has 94 valence electrons. The van der Waals surface area contributed by atoms with Gasteiger partial charge in [-0.3, -0.25) is 4.79 Å². The van der Waals surface area contributed by atoms with Crippen molar-refractivity contribution < 1.29 is 24.5 Å². The van der Waals surface area contributed by atoms with E-state index in [1.807, 2.05) is 0 Å². The average molecular weight is 234 g/mol. The number of methoxy groups -OCH3 is 1. The highest BCUT2D eigenvalue weighted by molar-refractivity contribution is 5.74. The van der Waals surface area contributed by atoms with Gasteiger partial charge in [0.25, 0.3) is 0 Å². The molecule has 0 heterocycles. The first-order chi connectivity index (χ1) is 7.37. The van der Waals surface area contributed by atoms with E-state index in [2.05, 4.69) is 10.6 Å². The Bertz CT molecular complexity index is 242. The summed E-state index contributed by atoms with van der Waals surface area (Å²) in [7, 11) is 1.51. The Morgan fingerprint density at radius 3 is 2.50 bits per heavy atom. The van der Waals surface area contributed by atoms with Crippen LogP contribution in [0.5, 0.6) is 0 Å². The number of rotatable bonds is 7. The number of carboxylic acid groups (broad SMARTS) is 1. The van der Waals surface area contributed by atoms with Crippen LogP contribution in [-0.2, 0) is 9.53 Å². The number of aliphatic hydroxyl groups is 1. The van der Waals surface area contributed by atoms with Gasteiger partial charge in [-0.2, -0.15) is 0 Å². The van der Waals surface area contributed by atoms with Gasteiger partial charge < -0.3 is 25.6 Å². The monoisotopic (exact) mass is 234 g/mol. The van der Waals surface area contributed by atoms with Gasteiger partial charge in [-0.05, 0) is 6.92 Å². The average Bonchev–Trinajstić information content (AvgIpc) is 2.13. The van der Waals surface area contributed by atoms with Crippen LogP contribution in [0, 0.1) is 0 Å². The van der Waals surface area contributed by atoms with Crippen LogP contribution < -0.4 is 10.6 Å². The Labute approximate surface area is 93.8 Å². The molecule has 0 fully saturated rings. The molecule has 4 N–H and O–H groups in total. The zero-order chi connectivity index (χ0) is 12.6. The van der Waals surface area contributed by atoms with E-state index < -0.39 is 24.0 Å². The van der Waals surface area contributed by atoms with Crippen molar-refractivity contribution in [2.24, 2.45) is 0 Å². The summed E-state index contributed by atoms with van der Waals surface area (Å²) in [6.07, 6.45) is -0.425. The van der Waals surface area contributed by atoms with Gasteiger partial charge in [-0.25, -0.2) is 4.79 Å². The van der Waals surface area contributed by atoms with Crippen molar-refractivity contribution in [1.82, 2.24) is 10.6 Å². The molecule has 0 aromatic heterocycles. The fraction of sp³-hybridized carbons (Fsp3) is 0.778. The molecule has 1 unspecified atom stereocenters. The number of hydrogen-bond acceptors (Lipinski definition) is 4. The summed E-state index contributed by atoms with van der Waals surface area (Å²) in [5.74, 6) is -1.12. The lowest BCUT2D eigenvalue weighted by atomic mass is 10.0. The molecule has 0 bridgehead atoms. The van der Waals surface area contributed by atoms with Crippen molar-refractivity contribution in [3.8, 4) is 0 Å². The number of urea groups is 1. The van der Waals surface area contributed by atoms with Crippen LogP contribution in [0.3, 0.4) is 0 Å². The first-order valence-electron chi connectivity index (χ1n) is 4.82. The normalized spacial score (nSPS) is 13.9. The number of ether oxygens (including phenoxy) is 1. The van der Waals surface area contributed by atoms with Crippen molar-refractivity contribution in [2.45, 2.75) is 18.9 Å². The second kappa shape index (κ2) is 7.02. The van der Waals surface area contributed by atoms with Crippen LogP contribution in [0.1, 0.15) is 13.3 Å². The molecule has 7 heteroatoms. The topological polar surface area (TPSA) is 108 Å². The van der Waals surface area contributed by atoms with E-state index in [-0.39, 0.29) is 6.54 Å². The van der Waals surface area contributed by atoms with Crippen LogP contribution in [0.25, 0.3) is 0 Å². The molecule has 2 amide bonds. The lowest BCUT2D eigenvalue weighted by Crippen LogP contribution is -2.46. The Kier molecular flexibility index (Phi) is 6.43. The summed E-state index contributed by atoms with van der Waals surface area (Å²) in [5.41, 5.74) is -1.45. The largest absolute Gasteiger partial charge is 0.481 e. The van der Waals surface area contributed by atoms with Gasteiger partial charge in [-0.1, -0.05) is 0 Å². The van der Waals surface area contributed by atoms with Crippen LogP contribution >= 0.6 is 0 Å². The quantitative estimate of drug-likeness (QED) is 0.429. The van der Waals surface area contributed by atoms with E-state index in [0.717, 1.165) is 0 Å². The molecule has 1 atom stereocenters. The maximum Gasteiger partial charge on any atom is 0.314 e. The van der Waals surface area contributed by atoms with Crippen LogP contribution in [0.4, 0.5) is 4.79 Å². The molecule has 0 aliphatic carbocycles. The number of nitrogens with one attached hydrogen (secondary N) is 2. The minimum absolute atomic E-state index is 0.127. The fourth-order valence-electron chi connectivity index (χ4n) is 0.988. The van der Waals surface area contributed by atoms with Crippen LogP contribution in [-0.4, -0.2) is 54.6 Å². The molecule has 0 radical (unpaired) electrons. The molecule has 0 aliphatic rings. The minimum atomic E-state index is -1.45. The Balaban J connectivity index is 3.77. The van der Waals surface area contributed by atoms with Gasteiger partial charge in [0.15, 0.2) is 0 Å². The van der Waals surface area contributed by atoms with Crippen molar-refractivity contribution in [3.05, 3.63) is 0 Å². The third kappa shape index (κ3) is 8.01. The Morgan fingerprint density at radius 2 is 2.00 bits per heavy atom. The molecule has 7 nitrogen and oxygen atoms in total. The number of carbonyl (C=O) groups excluding carboxylic acids is 1. The van der Waals surface area contributed by atoms with Gasteiger partial charge in [-0.15, -0.1) is 0 Å². The third-order valence-electron chi connectivity index (χ3n) is 1.75. The zero-order valence-corrected chi connectivity index (χ0v) is 9.45. The Hall–Kier alpha value is -1.34. The zero-order valence-electron chi connectivity index (χ0n) is 9.45. The van der Waals surface area contributed by atoms with E-state index in [9.17, 15) is 14.7 Å². The highest BCUT2D eigenvalue weighted by atomic mass is 16.5. The van der Waals surface area contributed by atoms with Gasteiger partial charge in [0.2, 0.25) is 0 Å². The lowest BCUT2D eigenvalue weighted by Gasteiger charge is -2.21. The van der Waals surface area contributed by atoms with E-state index in [0.29, 0.717) is 13.2 Å². The van der Waals surface area contributed by atoms with E-state index in [1.165, 1.54) is 14.0 Å². The lowest BCUT2D eigenvalue weighted by molar-refractivity contribution is -0.141. The first kappa shape index (κ1) is 14.7. The minimum Gasteiger partial charge on any atom is -0.481 e. The predicted molar refractivity (Wildman–Crippen MR) is 56.2 cm³/mol. The molecular weight excluding hydrogens is 216 g/mol. The molecule has 0 aromatic rings. The molecule has 0 aromatic carbocycles. The summed E-state index contributed by atoms with van der Waals surface area (Å²) in [6, 6.07) is -0.470. The molecule has 0 saturated heterocycles. The highest BCUT2D eigenvalue weighted by Crippen LogP contribution is 2.06. The SMILES string of the molecule is COCCNC(=O)NCC(C)(O)CC(=O)O. The second-order valence-electron chi connectivity index (χ2n) is 3.67. The molecular formula is C9H18N2O5. The van der Waals surface area contributed by atoms with Crippen molar-refractivity contribution >= 4 is 12.0 Å². The van der Waals surface area contributed by atoms with E-state index in [4.69, 9.17) is 9.84 Å². The van der Waals surface area contributed by atoms with E-state index >= 15 is 0 Å². The fourth-order valence-corrected chi connectivity index (χ4v) is 0.988. The Morgan fingerprint density at radius 1 is 1.38 bits per heavy atom. The molecule has 0 saturated carbocycles. The summed E-state index contributed by atoms with van der Waals surface area (Å²) in [5, 5.41) is 22.9. The summed E-state index contributed by atoms with van der Waals surface area (Å²) in [4.78, 5) is 21.5. The number of carboxylic acids is 1. The van der Waals surface area contributed by atoms with Gasteiger partial charge in [0.05, 0.1) is 18.6 Å². The summed E-state index contributed by atoms with van der Waals surface area (Å²) < 4.78 is 4.72. The second-order valence-corrected chi connectivity index (χ2v) is 3.67. The summed E-state index contributed by atoms with van der Waals surface area (Å²) in [6.45, 7) is 1.96. The highest BCUT2D eigenvalue weighted by Gasteiger charge is 2.24. The van der Waals surface area contributed by atoms with Crippen molar-refractivity contribution in [1.29, 1.82) is 0 Å². The van der Waals surface area contributed by atoms with Crippen molar-refractivity contribution in [2.75, 3.05) is 26.8 Å². The van der Waals surface area contributed by atoms with Crippen LogP contribution in [0.15, 0.2) is 0 Å². The van der Waals surface area contributed by atoms with Gasteiger partial charge >= 0.3 is 12.0 Å². The number of amides is 2. The molecule has 0 rings (SSSR count). The van der Waals surface area contributed by atoms with Gasteiger partial charge in [0.1, 0.15) is 0 Å². The smallest absolute Gasteiger partial charge is 0.314 e. The van der Waals surface area contributed by atoms with Gasteiger partial charge in [0, 0.05) is 20.2 Å². The predicted octanol–water partition coefficient (Wildman–Crippen LogP) is -0.842. The molecule has 16 heavy (non-hydrogen) atoms. The maximum absolute atomic E-state index is 11.1. The third-order valence-corrected chi connectivity index (χ3v) is 1.75. The number of hydrogen-bond donors (Lipinski definition) is 4. The molecule has 0 spiro atoms. The maximum atomic E-state index is 11.1. The first-order valence-corrected chi connectivity index (χ1v) is 4.82. The van der Waals surface area contributed by atoms with E-state index in [1.54, 1.807) is 0 Å². The standard InChI is InChI=1S/C9H18N2O5/c1-9(15,5-7(12)13)6-11-8(14)10-3-4-16-2/h15H,3-6H2,1-2H3,(H,12,13)(H2,10,11,14). The van der Waals surface area contributed by atoms with Crippen LogP contribution in [0.2, 0.25) is 0 Å². The van der Waals surface area contributed by atoms with Crippen molar-refractivity contribution in [3.63, 3.8) is 0 Å². The molecule has 0 aliphatic heterocycles. The summed E-state index contributed by atoms with van der Waals surface area (Å²) >= 11 is 0.